The summed E-state index contributed by atoms with van der Waals surface area (Å²) in [6.07, 6.45) is 3.79. The van der Waals surface area contributed by atoms with Crippen LogP contribution in [0.4, 0.5) is 0 Å². The standard InChI is InChI=1S/C23H23BrN4O3S/c1-5-25-23-28(27-12-15-11-26-18-7-6-16(24)10-17(15)18)19(13-32-23)14-8-20(29-2)22(31-4)21(9-14)30-3/h6-13,26H,5H2,1-4H3. The molecule has 0 saturated heterocycles. The van der Waals surface area contributed by atoms with Crippen LogP contribution in [-0.4, -0.2) is 43.7 Å². The summed E-state index contributed by atoms with van der Waals surface area (Å²) in [5.74, 6) is 1.71. The maximum absolute atomic E-state index is 5.53. The topological polar surface area (TPSA) is 73.1 Å². The highest BCUT2D eigenvalue weighted by molar-refractivity contribution is 9.10. The molecule has 32 heavy (non-hydrogen) atoms. The zero-order valence-electron chi connectivity index (χ0n) is 18.2. The van der Waals surface area contributed by atoms with Crippen molar-refractivity contribution in [3.63, 3.8) is 0 Å². The number of ether oxygens (including phenoxy) is 3. The second kappa shape index (κ2) is 9.62. The van der Waals surface area contributed by atoms with E-state index in [-0.39, 0.29) is 0 Å². The summed E-state index contributed by atoms with van der Waals surface area (Å²) >= 11 is 5.07. The number of nitrogens with zero attached hydrogens (tertiary/aromatic N) is 3. The predicted octanol–water partition coefficient (Wildman–Crippen LogP) is 5.29. The van der Waals surface area contributed by atoms with Crippen LogP contribution in [0.25, 0.3) is 22.2 Å². The molecule has 9 heteroatoms. The van der Waals surface area contributed by atoms with E-state index in [9.17, 15) is 0 Å². The van der Waals surface area contributed by atoms with E-state index in [2.05, 4.69) is 32.0 Å². The quantitative estimate of drug-likeness (QED) is 0.340. The largest absolute Gasteiger partial charge is 0.493 e. The van der Waals surface area contributed by atoms with Crippen molar-refractivity contribution in [2.45, 2.75) is 6.92 Å². The molecule has 0 aliphatic carbocycles. The minimum Gasteiger partial charge on any atom is -0.493 e. The molecule has 0 bridgehead atoms. The first-order valence-corrected chi connectivity index (χ1v) is 11.6. The molecule has 0 spiro atoms. The molecule has 2 aromatic heterocycles. The van der Waals surface area contributed by atoms with Gasteiger partial charge in [-0.15, -0.1) is 11.3 Å². The number of fused-ring (bicyclic) bond motifs is 1. The van der Waals surface area contributed by atoms with Gasteiger partial charge in [0.2, 0.25) is 10.6 Å². The normalized spacial score (nSPS) is 12.1. The van der Waals surface area contributed by atoms with Gasteiger partial charge in [-0.3, -0.25) is 4.99 Å². The smallest absolute Gasteiger partial charge is 0.206 e. The van der Waals surface area contributed by atoms with Crippen LogP contribution in [0.3, 0.4) is 0 Å². The van der Waals surface area contributed by atoms with Crippen LogP contribution in [-0.2, 0) is 0 Å². The van der Waals surface area contributed by atoms with Crippen LogP contribution in [0.1, 0.15) is 12.5 Å². The third kappa shape index (κ3) is 4.18. The van der Waals surface area contributed by atoms with Gasteiger partial charge in [-0.25, -0.2) is 4.68 Å². The van der Waals surface area contributed by atoms with Gasteiger partial charge in [-0.2, -0.15) is 5.10 Å². The average molecular weight is 515 g/mol. The van der Waals surface area contributed by atoms with E-state index in [0.29, 0.717) is 23.8 Å². The molecule has 0 fully saturated rings. The van der Waals surface area contributed by atoms with Gasteiger partial charge in [0.1, 0.15) is 0 Å². The van der Waals surface area contributed by atoms with E-state index < -0.39 is 0 Å². The molecular formula is C23H23BrN4O3S. The Hall–Kier alpha value is -3.04. The molecule has 0 saturated carbocycles. The van der Waals surface area contributed by atoms with Crippen molar-refractivity contribution in [1.82, 2.24) is 9.66 Å². The van der Waals surface area contributed by atoms with Gasteiger partial charge in [-0.1, -0.05) is 15.9 Å². The number of hydrogen-bond donors (Lipinski definition) is 1. The lowest BCUT2D eigenvalue weighted by Gasteiger charge is -2.14. The highest BCUT2D eigenvalue weighted by Crippen LogP contribution is 2.41. The molecule has 2 aromatic carbocycles. The fourth-order valence-corrected chi connectivity index (χ4v) is 4.69. The van der Waals surface area contributed by atoms with E-state index in [0.717, 1.165) is 37.0 Å². The summed E-state index contributed by atoms with van der Waals surface area (Å²) in [5, 5.41) is 7.91. The average Bonchev–Trinajstić information content (AvgIpc) is 3.40. The lowest BCUT2D eigenvalue weighted by molar-refractivity contribution is 0.324. The summed E-state index contributed by atoms with van der Waals surface area (Å²) in [6.45, 7) is 2.66. The summed E-state index contributed by atoms with van der Waals surface area (Å²) in [5.41, 5.74) is 3.79. The number of H-pyrrole nitrogens is 1. The Bertz CT molecular complexity index is 1330. The molecule has 0 atom stereocenters. The molecule has 1 N–H and O–H groups in total. The summed E-state index contributed by atoms with van der Waals surface area (Å²) in [7, 11) is 4.80. The van der Waals surface area contributed by atoms with Crippen molar-refractivity contribution >= 4 is 44.4 Å². The highest BCUT2D eigenvalue weighted by atomic mass is 79.9. The zero-order chi connectivity index (χ0) is 22.7. The Kier molecular flexibility index (Phi) is 6.66. The monoisotopic (exact) mass is 514 g/mol. The van der Waals surface area contributed by atoms with Crippen LogP contribution < -0.4 is 19.0 Å². The number of benzene rings is 2. The molecule has 4 aromatic rings. The Labute approximate surface area is 198 Å². The fourth-order valence-electron chi connectivity index (χ4n) is 3.42. The van der Waals surface area contributed by atoms with E-state index in [1.54, 1.807) is 21.3 Å². The number of aromatic amines is 1. The Morgan fingerprint density at radius 1 is 1.09 bits per heavy atom. The first kappa shape index (κ1) is 22.2. The van der Waals surface area contributed by atoms with Crippen LogP contribution >= 0.6 is 27.3 Å². The van der Waals surface area contributed by atoms with Crippen molar-refractivity contribution in [3.8, 4) is 28.5 Å². The third-order valence-corrected chi connectivity index (χ3v) is 6.27. The van der Waals surface area contributed by atoms with Crippen molar-refractivity contribution in [1.29, 1.82) is 0 Å². The third-order valence-electron chi connectivity index (χ3n) is 4.93. The molecule has 0 aliphatic heterocycles. The lowest BCUT2D eigenvalue weighted by Crippen LogP contribution is -2.12. The van der Waals surface area contributed by atoms with Gasteiger partial charge < -0.3 is 19.2 Å². The van der Waals surface area contributed by atoms with Gasteiger partial charge in [0.05, 0.1) is 33.2 Å². The van der Waals surface area contributed by atoms with Crippen LogP contribution in [0.15, 0.2) is 56.5 Å². The Morgan fingerprint density at radius 2 is 1.84 bits per heavy atom. The summed E-state index contributed by atoms with van der Waals surface area (Å²) < 4.78 is 19.4. The fraction of sp³-hybridized carbons (Fsp3) is 0.217. The van der Waals surface area contributed by atoms with Crippen LogP contribution in [0.2, 0.25) is 0 Å². The number of rotatable bonds is 7. The SMILES string of the molecule is CCN=c1scc(-c2cc(OC)c(OC)c(OC)c2)n1N=Cc1c[nH]c2ccc(Br)cc12. The minimum atomic E-state index is 0.548. The number of methoxy groups -OCH3 is 3. The first-order chi connectivity index (χ1) is 15.6. The number of aromatic nitrogens is 2. The second-order valence-electron chi connectivity index (χ2n) is 6.78. The second-order valence-corrected chi connectivity index (χ2v) is 8.53. The van der Waals surface area contributed by atoms with Gasteiger partial charge >= 0.3 is 0 Å². The molecule has 0 unspecified atom stereocenters. The number of halogens is 1. The van der Waals surface area contributed by atoms with Gasteiger partial charge in [0.25, 0.3) is 0 Å². The molecule has 0 radical (unpaired) electrons. The van der Waals surface area contributed by atoms with E-state index in [4.69, 9.17) is 19.3 Å². The van der Waals surface area contributed by atoms with Crippen LogP contribution in [0.5, 0.6) is 17.2 Å². The van der Waals surface area contributed by atoms with Crippen LogP contribution in [0, 0.1) is 0 Å². The number of thiazole rings is 1. The maximum Gasteiger partial charge on any atom is 0.206 e. The molecule has 2 heterocycles. The van der Waals surface area contributed by atoms with Crippen molar-refractivity contribution in [2.75, 3.05) is 27.9 Å². The van der Waals surface area contributed by atoms with E-state index in [1.807, 2.05) is 53.7 Å². The molecule has 0 amide bonds. The van der Waals surface area contributed by atoms with Gasteiger partial charge in [0, 0.05) is 44.6 Å². The van der Waals surface area contributed by atoms with Crippen molar-refractivity contribution in [2.24, 2.45) is 10.1 Å². The molecule has 7 nitrogen and oxygen atoms in total. The highest BCUT2D eigenvalue weighted by Gasteiger charge is 2.17. The van der Waals surface area contributed by atoms with E-state index in [1.165, 1.54) is 11.3 Å². The lowest BCUT2D eigenvalue weighted by atomic mass is 10.1. The first-order valence-electron chi connectivity index (χ1n) is 9.92. The summed E-state index contributed by atoms with van der Waals surface area (Å²) in [4.78, 5) is 8.70. The van der Waals surface area contributed by atoms with Gasteiger partial charge in [-0.05, 0) is 37.3 Å². The zero-order valence-corrected chi connectivity index (χ0v) is 20.6. The summed E-state index contributed by atoms with van der Waals surface area (Å²) in [6, 6.07) is 9.94. The predicted molar refractivity (Wildman–Crippen MR) is 132 cm³/mol. The molecule has 4 rings (SSSR count). The minimum absolute atomic E-state index is 0.548. The van der Waals surface area contributed by atoms with Crippen molar-refractivity contribution in [3.05, 3.63) is 56.7 Å². The maximum atomic E-state index is 5.53. The molecule has 166 valence electrons. The Morgan fingerprint density at radius 3 is 2.50 bits per heavy atom. The van der Waals surface area contributed by atoms with E-state index >= 15 is 0 Å². The Balaban J connectivity index is 1.85. The van der Waals surface area contributed by atoms with Gasteiger partial charge in [0.15, 0.2) is 11.5 Å². The number of hydrogen-bond acceptors (Lipinski definition) is 6. The van der Waals surface area contributed by atoms with Crippen molar-refractivity contribution < 1.29 is 14.2 Å². The molecule has 0 aliphatic rings. The molecular weight excluding hydrogens is 492 g/mol. The number of nitrogens with one attached hydrogen (secondary N) is 1.